The van der Waals surface area contributed by atoms with Crippen LogP contribution in [-0.2, 0) is 6.67 Å². The molecule has 6 nitrogen and oxygen atoms in total. The second-order valence-corrected chi connectivity index (χ2v) is 5.16. The monoisotopic (exact) mass is 263 g/mol. The van der Waals surface area contributed by atoms with Crippen molar-refractivity contribution in [2.45, 2.75) is 39.5 Å². The third-order valence-corrected chi connectivity index (χ3v) is 3.71. The third-order valence-electron chi connectivity index (χ3n) is 3.71. The molecule has 1 fully saturated rings. The van der Waals surface area contributed by atoms with Gasteiger partial charge in [0.05, 0.1) is 12.2 Å². The van der Waals surface area contributed by atoms with Crippen molar-refractivity contribution in [2.24, 2.45) is 0 Å². The topological polar surface area (TPSA) is 83.3 Å². The van der Waals surface area contributed by atoms with Crippen molar-refractivity contribution in [1.29, 1.82) is 5.26 Å². The van der Waals surface area contributed by atoms with Crippen LogP contribution in [-0.4, -0.2) is 34.1 Å². The highest BCUT2D eigenvalue weighted by atomic mass is 16.3. The standard InChI is InChI=1S/C13H18N4O2/c1-9-10(2)15-17(13(19)12(9)6-14)8-16-5-3-4-11(18)7-16/h11,18H,3-5,7-8H2,1-2H3/p+1/t11-/m0/s1. The van der Waals surface area contributed by atoms with Crippen LogP contribution in [0.15, 0.2) is 4.79 Å². The molecule has 0 aliphatic carbocycles. The van der Waals surface area contributed by atoms with E-state index in [9.17, 15) is 9.90 Å². The Kier molecular flexibility index (Phi) is 3.98. The highest BCUT2D eigenvalue weighted by Crippen LogP contribution is 2.04. The Morgan fingerprint density at radius 3 is 2.95 bits per heavy atom. The summed E-state index contributed by atoms with van der Waals surface area (Å²) in [4.78, 5) is 13.3. The van der Waals surface area contributed by atoms with Gasteiger partial charge >= 0.3 is 0 Å². The van der Waals surface area contributed by atoms with E-state index in [-0.39, 0.29) is 17.2 Å². The Balaban J connectivity index is 2.28. The fraction of sp³-hybridized carbons (Fsp3) is 0.615. The molecule has 0 spiro atoms. The molecular weight excluding hydrogens is 244 g/mol. The summed E-state index contributed by atoms with van der Waals surface area (Å²) in [5.74, 6) is 0. The summed E-state index contributed by atoms with van der Waals surface area (Å²) in [6.45, 7) is 5.49. The minimum atomic E-state index is -0.335. The van der Waals surface area contributed by atoms with E-state index in [1.165, 1.54) is 4.68 Å². The maximum atomic E-state index is 12.1. The largest absolute Gasteiger partial charge is 0.387 e. The summed E-state index contributed by atoms with van der Waals surface area (Å²) < 4.78 is 1.36. The molecule has 102 valence electrons. The number of aromatic nitrogens is 2. The smallest absolute Gasteiger partial charge is 0.289 e. The maximum absolute atomic E-state index is 12.1. The second kappa shape index (κ2) is 5.51. The first kappa shape index (κ1) is 13.7. The molecule has 0 radical (unpaired) electrons. The Hall–Kier alpha value is -1.71. The number of quaternary nitrogens is 1. The van der Waals surface area contributed by atoms with Crippen molar-refractivity contribution in [3.8, 4) is 6.07 Å². The highest BCUT2D eigenvalue weighted by Gasteiger charge is 2.22. The van der Waals surface area contributed by atoms with Gasteiger partial charge in [-0.15, -0.1) is 0 Å². The summed E-state index contributed by atoms with van der Waals surface area (Å²) in [7, 11) is 0. The minimum Gasteiger partial charge on any atom is -0.387 e. The Bertz CT molecular complexity index is 573. The van der Waals surface area contributed by atoms with Gasteiger partial charge in [-0.25, -0.2) is 0 Å². The van der Waals surface area contributed by atoms with Crippen LogP contribution in [0.3, 0.4) is 0 Å². The Morgan fingerprint density at radius 1 is 1.58 bits per heavy atom. The molecule has 1 saturated heterocycles. The van der Waals surface area contributed by atoms with Crippen LogP contribution in [0.1, 0.15) is 29.7 Å². The lowest BCUT2D eigenvalue weighted by atomic mass is 10.1. The number of nitrogens with zero attached hydrogens (tertiary/aromatic N) is 3. The van der Waals surface area contributed by atoms with E-state index >= 15 is 0 Å². The average Bonchev–Trinajstić information content (AvgIpc) is 2.37. The summed E-state index contributed by atoms with van der Waals surface area (Å²) in [5.41, 5.74) is 1.19. The zero-order valence-electron chi connectivity index (χ0n) is 11.3. The zero-order valence-corrected chi connectivity index (χ0v) is 11.3. The fourth-order valence-corrected chi connectivity index (χ4v) is 2.49. The predicted molar refractivity (Wildman–Crippen MR) is 68.6 cm³/mol. The number of aryl methyl sites for hydroxylation is 1. The van der Waals surface area contributed by atoms with Gasteiger partial charge in [-0.05, 0) is 32.3 Å². The van der Waals surface area contributed by atoms with E-state index < -0.39 is 0 Å². The van der Waals surface area contributed by atoms with E-state index in [4.69, 9.17) is 5.26 Å². The molecule has 0 amide bonds. The first-order chi connectivity index (χ1) is 9.02. The van der Waals surface area contributed by atoms with Gasteiger partial charge in [0, 0.05) is 0 Å². The number of piperidine rings is 1. The molecule has 1 aliphatic heterocycles. The number of nitrogens with one attached hydrogen (secondary N) is 1. The first-order valence-electron chi connectivity index (χ1n) is 6.53. The number of hydrogen-bond acceptors (Lipinski definition) is 4. The average molecular weight is 263 g/mol. The van der Waals surface area contributed by atoms with E-state index in [1.54, 1.807) is 13.8 Å². The number of rotatable bonds is 2. The molecule has 1 aliphatic rings. The summed E-state index contributed by atoms with van der Waals surface area (Å²) in [6.07, 6.45) is 1.46. The molecule has 2 rings (SSSR count). The van der Waals surface area contributed by atoms with Crippen LogP contribution >= 0.6 is 0 Å². The highest BCUT2D eigenvalue weighted by molar-refractivity contribution is 5.36. The lowest BCUT2D eigenvalue weighted by molar-refractivity contribution is -0.931. The summed E-state index contributed by atoms with van der Waals surface area (Å²) in [6, 6.07) is 1.96. The van der Waals surface area contributed by atoms with E-state index in [2.05, 4.69) is 5.10 Å². The van der Waals surface area contributed by atoms with Crippen molar-refractivity contribution in [3.63, 3.8) is 0 Å². The lowest BCUT2D eigenvalue weighted by Crippen LogP contribution is -3.13. The maximum Gasteiger partial charge on any atom is 0.289 e. The number of hydrogen-bond donors (Lipinski definition) is 2. The van der Waals surface area contributed by atoms with Gasteiger partial charge in [-0.1, -0.05) is 0 Å². The molecule has 2 heterocycles. The van der Waals surface area contributed by atoms with Crippen molar-refractivity contribution >= 4 is 0 Å². The molecule has 1 aromatic rings. The molecule has 2 N–H and O–H groups in total. The lowest BCUT2D eigenvalue weighted by Gasteiger charge is -2.27. The molecule has 1 aromatic heterocycles. The molecular formula is C13H19N4O2+. The van der Waals surface area contributed by atoms with E-state index in [0.717, 1.165) is 24.3 Å². The number of nitriles is 1. The molecule has 6 heteroatoms. The summed E-state index contributed by atoms with van der Waals surface area (Å²) >= 11 is 0. The van der Waals surface area contributed by atoms with Crippen molar-refractivity contribution in [1.82, 2.24) is 9.78 Å². The Morgan fingerprint density at radius 2 is 2.32 bits per heavy atom. The number of aliphatic hydroxyl groups excluding tert-OH is 1. The molecule has 0 saturated carbocycles. The van der Waals surface area contributed by atoms with E-state index in [0.29, 0.717) is 24.5 Å². The third kappa shape index (κ3) is 2.83. The molecule has 1 unspecified atom stereocenters. The van der Waals surface area contributed by atoms with Crippen molar-refractivity contribution in [2.75, 3.05) is 13.1 Å². The van der Waals surface area contributed by atoms with Crippen LogP contribution in [0.4, 0.5) is 0 Å². The molecule has 19 heavy (non-hydrogen) atoms. The predicted octanol–water partition coefficient (Wildman–Crippen LogP) is -1.27. The second-order valence-electron chi connectivity index (χ2n) is 5.16. The molecule has 2 atom stereocenters. The summed E-state index contributed by atoms with van der Waals surface area (Å²) in [5, 5.41) is 23.0. The van der Waals surface area contributed by atoms with Crippen LogP contribution < -0.4 is 10.5 Å². The van der Waals surface area contributed by atoms with Crippen LogP contribution in [0, 0.1) is 25.2 Å². The first-order valence-corrected chi connectivity index (χ1v) is 6.53. The van der Waals surface area contributed by atoms with Crippen molar-refractivity contribution in [3.05, 3.63) is 27.2 Å². The quantitative estimate of drug-likeness (QED) is 0.697. The number of likely N-dealkylation sites (tertiary alicyclic amines) is 1. The van der Waals surface area contributed by atoms with Gasteiger partial charge in [0.25, 0.3) is 5.56 Å². The van der Waals surface area contributed by atoms with Gasteiger partial charge < -0.3 is 10.0 Å². The molecule has 0 aromatic carbocycles. The fourth-order valence-electron chi connectivity index (χ4n) is 2.49. The van der Waals surface area contributed by atoms with Crippen LogP contribution in [0.5, 0.6) is 0 Å². The van der Waals surface area contributed by atoms with Gasteiger partial charge in [0.15, 0.2) is 6.67 Å². The van der Waals surface area contributed by atoms with Gasteiger partial charge in [-0.3, -0.25) is 4.79 Å². The van der Waals surface area contributed by atoms with Gasteiger partial charge in [0.2, 0.25) is 0 Å². The minimum absolute atomic E-state index is 0.171. The van der Waals surface area contributed by atoms with Crippen molar-refractivity contribution < 1.29 is 10.0 Å². The van der Waals surface area contributed by atoms with Crippen LogP contribution in [0.25, 0.3) is 0 Å². The zero-order chi connectivity index (χ0) is 14.0. The van der Waals surface area contributed by atoms with Gasteiger partial charge in [-0.2, -0.15) is 15.0 Å². The number of aliphatic hydroxyl groups is 1. The SMILES string of the molecule is Cc1nn(C[NH+]2CCC[C@H](O)C2)c(=O)c(C#N)c1C. The van der Waals surface area contributed by atoms with E-state index in [1.807, 2.05) is 6.07 Å². The van der Waals surface area contributed by atoms with Crippen LogP contribution in [0.2, 0.25) is 0 Å². The Labute approximate surface area is 111 Å². The van der Waals surface area contributed by atoms with Gasteiger partial charge in [0.1, 0.15) is 24.3 Å². The normalized spacial score (nSPS) is 23.1. The molecule has 0 bridgehead atoms.